The second-order valence-electron chi connectivity index (χ2n) is 14.6. The second kappa shape index (κ2) is 17.4. The van der Waals surface area contributed by atoms with Crippen molar-refractivity contribution < 1.29 is 20.4 Å². The molecule has 7 rings (SSSR count). The predicted octanol–water partition coefficient (Wildman–Crippen LogP) is 8.73. The summed E-state index contributed by atoms with van der Waals surface area (Å²) in [5.41, 5.74) is 15.1. The van der Waals surface area contributed by atoms with Gasteiger partial charge in [-0.05, 0) is 134 Å². The van der Waals surface area contributed by atoms with E-state index in [1.54, 1.807) is 12.1 Å². The van der Waals surface area contributed by atoms with Gasteiger partial charge in [0.05, 0.1) is 11.4 Å². The second-order valence-corrected chi connectivity index (χ2v) is 14.6. The van der Waals surface area contributed by atoms with E-state index in [2.05, 4.69) is 64.1 Å². The molecule has 288 valence electrons. The van der Waals surface area contributed by atoms with E-state index < -0.39 is 6.29 Å². The maximum absolute atomic E-state index is 9.54. The normalized spacial score (nSPS) is 11.4. The van der Waals surface area contributed by atoms with E-state index in [1.807, 2.05) is 60.9 Å². The number of hydrogen-bond acceptors (Lipinski definition) is 9. The lowest BCUT2D eigenvalue weighted by molar-refractivity contribution is -0.0424. The Bertz CT molecular complexity index is 2360. The molecule has 0 saturated carbocycles. The molecule has 0 aliphatic rings. The summed E-state index contributed by atoms with van der Waals surface area (Å²) in [7, 11) is 0. The molecular formula is C48H47N5O4. The van der Waals surface area contributed by atoms with Crippen LogP contribution < -0.4 is 0 Å². The third kappa shape index (κ3) is 8.88. The van der Waals surface area contributed by atoms with Gasteiger partial charge in [-0.15, -0.1) is 0 Å². The number of benzene rings is 4. The van der Waals surface area contributed by atoms with Gasteiger partial charge in [0.25, 0.3) is 0 Å². The highest BCUT2D eigenvalue weighted by molar-refractivity contribution is 5.77. The summed E-state index contributed by atoms with van der Waals surface area (Å²) in [4.78, 5) is 24.8. The summed E-state index contributed by atoms with van der Waals surface area (Å²) in [6.07, 6.45) is 5.25. The molecule has 0 unspecified atom stereocenters. The van der Waals surface area contributed by atoms with Gasteiger partial charge < -0.3 is 20.4 Å². The number of pyridine rings is 2. The topological polar surface area (TPSA) is 145 Å². The lowest BCUT2D eigenvalue weighted by Gasteiger charge is -2.15. The summed E-state index contributed by atoms with van der Waals surface area (Å²) < 4.78 is 0. The Morgan fingerprint density at radius 2 is 0.842 bits per heavy atom. The number of nitrogens with zero attached hydrogens (tertiary/aromatic N) is 5. The van der Waals surface area contributed by atoms with Crippen LogP contribution in [-0.4, -0.2) is 58.6 Å². The zero-order chi connectivity index (χ0) is 40.1. The Labute approximate surface area is 333 Å². The van der Waals surface area contributed by atoms with Crippen molar-refractivity contribution in [2.45, 2.75) is 59.7 Å². The van der Waals surface area contributed by atoms with Crippen molar-refractivity contribution >= 4 is 0 Å². The number of aliphatic hydroxyl groups is 4. The molecule has 0 aliphatic heterocycles. The highest BCUT2D eigenvalue weighted by Gasteiger charge is 2.19. The maximum atomic E-state index is 9.54. The van der Waals surface area contributed by atoms with Crippen LogP contribution in [0.25, 0.3) is 67.8 Å². The van der Waals surface area contributed by atoms with Crippen molar-refractivity contribution in [1.29, 1.82) is 0 Å². The Kier molecular flexibility index (Phi) is 12.0. The first-order valence-electron chi connectivity index (χ1n) is 19.3. The van der Waals surface area contributed by atoms with Crippen molar-refractivity contribution in [1.82, 2.24) is 24.9 Å². The predicted molar refractivity (Wildman–Crippen MR) is 225 cm³/mol. The summed E-state index contributed by atoms with van der Waals surface area (Å²) in [5, 5.41) is 37.6. The quantitative estimate of drug-likeness (QED) is 0.0849. The van der Waals surface area contributed by atoms with Gasteiger partial charge in [0.1, 0.15) is 0 Å². The first kappa shape index (κ1) is 39.3. The fourth-order valence-electron chi connectivity index (χ4n) is 7.10. The Hall–Kier alpha value is -5.97. The van der Waals surface area contributed by atoms with Crippen molar-refractivity contribution in [3.63, 3.8) is 0 Å². The van der Waals surface area contributed by atoms with Gasteiger partial charge in [-0.25, -0.2) is 15.0 Å². The molecule has 0 amide bonds. The van der Waals surface area contributed by atoms with Crippen LogP contribution >= 0.6 is 0 Å². The Morgan fingerprint density at radius 1 is 0.456 bits per heavy atom. The van der Waals surface area contributed by atoms with Gasteiger partial charge in [-0.3, -0.25) is 9.97 Å². The minimum atomic E-state index is -1.52. The van der Waals surface area contributed by atoms with Crippen molar-refractivity contribution in [2.24, 2.45) is 0 Å². The highest BCUT2D eigenvalue weighted by atomic mass is 16.5. The molecule has 3 aromatic heterocycles. The average molecular weight is 758 g/mol. The minimum absolute atomic E-state index is 0.157. The molecule has 0 aliphatic carbocycles. The number of hydrogen-bond donors (Lipinski definition) is 4. The minimum Gasteiger partial charge on any atom is -0.396 e. The van der Waals surface area contributed by atoms with Crippen LogP contribution in [0.4, 0.5) is 0 Å². The summed E-state index contributed by atoms with van der Waals surface area (Å²) in [6, 6.07) is 32.0. The van der Waals surface area contributed by atoms with E-state index in [1.165, 1.54) is 0 Å². The molecule has 0 atom stereocenters. The monoisotopic (exact) mass is 757 g/mol. The van der Waals surface area contributed by atoms with Crippen LogP contribution in [-0.2, 0) is 12.8 Å². The SMILES string of the molecule is Cc1cc(-c2nc(-c3ccc(-c4ccc(C(O)O)cc4)cc3)nc(-c3cc(C)c(-c4ccc(CCCO)cn4)cc3C)n2)c(C)cc1-c1ccc(CCCO)cn1. The summed E-state index contributed by atoms with van der Waals surface area (Å²) in [5.74, 6) is 1.68. The Balaban J connectivity index is 1.29. The summed E-state index contributed by atoms with van der Waals surface area (Å²) >= 11 is 0. The van der Waals surface area contributed by atoms with Crippen LogP contribution in [0.2, 0.25) is 0 Å². The molecule has 7 aromatic rings. The Morgan fingerprint density at radius 3 is 1.25 bits per heavy atom. The molecule has 0 saturated heterocycles. The first-order valence-corrected chi connectivity index (χ1v) is 19.3. The molecular weight excluding hydrogens is 711 g/mol. The third-order valence-corrected chi connectivity index (χ3v) is 10.4. The van der Waals surface area contributed by atoms with Gasteiger partial charge in [0, 0.05) is 59.0 Å². The van der Waals surface area contributed by atoms with E-state index >= 15 is 0 Å². The number of aliphatic hydroxyl groups excluding tert-OH is 3. The molecule has 4 aromatic carbocycles. The largest absolute Gasteiger partial charge is 0.396 e. The van der Waals surface area contributed by atoms with E-state index in [4.69, 9.17) is 24.9 Å². The van der Waals surface area contributed by atoms with E-state index in [0.717, 1.165) is 96.6 Å². The molecule has 4 N–H and O–H groups in total. The van der Waals surface area contributed by atoms with Gasteiger partial charge in [-0.1, -0.05) is 60.7 Å². The molecule has 9 nitrogen and oxygen atoms in total. The fourth-order valence-corrected chi connectivity index (χ4v) is 7.10. The summed E-state index contributed by atoms with van der Waals surface area (Å²) in [6.45, 7) is 8.61. The smallest absolute Gasteiger partial charge is 0.178 e. The molecule has 0 bridgehead atoms. The lowest BCUT2D eigenvalue weighted by atomic mass is 9.96. The maximum Gasteiger partial charge on any atom is 0.178 e. The number of aromatic nitrogens is 5. The number of rotatable bonds is 13. The number of aryl methyl sites for hydroxylation is 6. The van der Waals surface area contributed by atoms with Crippen LogP contribution in [0.15, 0.2) is 109 Å². The molecule has 3 heterocycles. The standard InChI is InChI=1S/C48H47N5O4/c1-29-25-41(31(3)23-39(29)43-19-9-33(27-49-43)7-5-21-54)46-51-45(37-15-11-35(12-16-37)36-13-17-38(18-14-36)48(56)57)52-47(53-46)42-26-30(2)40(24-32(42)4)44-20-10-34(28-50-44)8-6-22-55/h9-20,23-28,48,54-57H,5-8,21-22H2,1-4H3. The average Bonchev–Trinajstić information content (AvgIpc) is 3.24. The van der Waals surface area contributed by atoms with Crippen LogP contribution in [0.5, 0.6) is 0 Å². The van der Waals surface area contributed by atoms with E-state index in [-0.39, 0.29) is 13.2 Å². The zero-order valence-corrected chi connectivity index (χ0v) is 32.7. The van der Waals surface area contributed by atoms with E-state index in [9.17, 15) is 20.4 Å². The molecule has 0 fully saturated rings. The van der Waals surface area contributed by atoms with Gasteiger partial charge in [0.15, 0.2) is 23.8 Å². The molecule has 9 heteroatoms. The van der Waals surface area contributed by atoms with Crippen molar-refractivity contribution in [3.8, 4) is 67.8 Å². The van der Waals surface area contributed by atoms with Crippen LogP contribution in [0.3, 0.4) is 0 Å². The molecule has 0 spiro atoms. The van der Waals surface area contributed by atoms with Crippen LogP contribution in [0.1, 0.15) is 58.1 Å². The first-order chi connectivity index (χ1) is 27.6. The lowest BCUT2D eigenvalue weighted by Crippen LogP contribution is -2.03. The van der Waals surface area contributed by atoms with Crippen molar-refractivity contribution in [3.05, 3.63) is 148 Å². The van der Waals surface area contributed by atoms with Crippen LogP contribution in [0, 0.1) is 27.7 Å². The van der Waals surface area contributed by atoms with Gasteiger partial charge >= 0.3 is 0 Å². The third-order valence-electron chi connectivity index (χ3n) is 10.4. The van der Waals surface area contributed by atoms with E-state index in [0.29, 0.717) is 35.9 Å². The fraction of sp³-hybridized carbons (Fsp3) is 0.229. The molecule has 57 heavy (non-hydrogen) atoms. The van der Waals surface area contributed by atoms with Gasteiger partial charge in [0.2, 0.25) is 0 Å². The highest BCUT2D eigenvalue weighted by Crippen LogP contribution is 2.35. The van der Waals surface area contributed by atoms with Gasteiger partial charge in [-0.2, -0.15) is 0 Å². The molecule has 0 radical (unpaired) electrons. The van der Waals surface area contributed by atoms with Crippen molar-refractivity contribution in [2.75, 3.05) is 13.2 Å². The zero-order valence-electron chi connectivity index (χ0n) is 32.7.